The van der Waals surface area contributed by atoms with Crippen LogP contribution in [0, 0.1) is 11.8 Å². The maximum Gasteiger partial charge on any atom is 0.434 e. The molecule has 6 heteroatoms. The Morgan fingerprint density at radius 3 is 2.39 bits per heavy atom. The van der Waals surface area contributed by atoms with Gasteiger partial charge in [-0.05, 0) is 78.6 Å². The Bertz CT molecular complexity index is 1290. The number of nitrogens with zero attached hydrogens (tertiary/aromatic N) is 2. The number of benzene rings is 2. The van der Waals surface area contributed by atoms with E-state index in [1.54, 1.807) is 6.20 Å². The van der Waals surface area contributed by atoms with Crippen molar-refractivity contribution in [1.82, 2.24) is 15.2 Å². The fraction of sp³-hybridized carbons (Fsp3) is 0.296. The van der Waals surface area contributed by atoms with Gasteiger partial charge in [-0.2, -0.15) is 0 Å². The maximum atomic E-state index is 11.3. The summed E-state index contributed by atoms with van der Waals surface area (Å²) in [6.45, 7) is 0.459. The highest BCUT2D eigenvalue weighted by Crippen LogP contribution is 2.60. The van der Waals surface area contributed by atoms with Crippen LogP contribution in [0.15, 0.2) is 82.1 Å². The van der Waals surface area contributed by atoms with Crippen LogP contribution < -0.4 is 10.5 Å². The number of ether oxygens (including phenoxy) is 1. The van der Waals surface area contributed by atoms with E-state index in [0.29, 0.717) is 18.4 Å². The van der Waals surface area contributed by atoms with Gasteiger partial charge >= 0.3 is 5.76 Å². The van der Waals surface area contributed by atoms with Crippen molar-refractivity contribution in [3.8, 4) is 17.2 Å². The highest BCUT2D eigenvalue weighted by Gasteiger charge is 2.52. The smallest absolute Gasteiger partial charge is 0.434 e. The van der Waals surface area contributed by atoms with Crippen molar-refractivity contribution in [2.45, 2.75) is 37.7 Å². The summed E-state index contributed by atoms with van der Waals surface area (Å²) >= 11 is 0. The van der Waals surface area contributed by atoms with Crippen molar-refractivity contribution in [3.05, 3.63) is 100 Å². The molecule has 2 aromatic carbocycles. The van der Waals surface area contributed by atoms with Gasteiger partial charge in [-0.1, -0.05) is 36.8 Å². The number of aromatic amines is 1. The summed E-state index contributed by atoms with van der Waals surface area (Å²) in [6, 6.07) is 22.8. The van der Waals surface area contributed by atoms with Crippen LogP contribution in [0.1, 0.15) is 42.5 Å². The minimum atomic E-state index is -0.538. The Balaban J connectivity index is 1.29. The van der Waals surface area contributed by atoms with Crippen LogP contribution in [-0.2, 0) is 12.0 Å². The molecule has 2 aliphatic rings. The summed E-state index contributed by atoms with van der Waals surface area (Å²) in [6.07, 6.45) is 6.83. The average Bonchev–Trinajstić information content (AvgIpc) is 3.61. The van der Waals surface area contributed by atoms with Crippen molar-refractivity contribution in [2.75, 3.05) is 0 Å². The van der Waals surface area contributed by atoms with E-state index in [4.69, 9.17) is 9.15 Å². The Labute approximate surface area is 191 Å². The van der Waals surface area contributed by atoms with Crippen LogP contribution in [0.25, 0.3) is 11.5 Å². The molecule has 2 saturated carbocycles. The second-order valence-corrected chi connectivity index (χ2v) is 9.18. The molecule has 3 atom stereocenters. The van der Waals surface area contributed by atoms with E-state index in [2.05, 4.69) is 51.6 Å². The normalized spacial score (nSPS) is 23.6. The summed E-state index contributed by atoms with van der Waals surface area (Å²) in [5.74, 6) is 2.05. The van der Waals surface area contributed by atoms with Gasteiger partial charge in [-0.15, -0.1) is 5.10 Å². The van der Waals surface area contributed by atoms with E-state index in [0.717, 1.165) is 22.9 Å². The molecule has 0 spiro atoms. The molecule has 1 N–H and O–H groups in total. The first-order valence-corrected chi connectivity index (χ1v) is 11.5. The molecule has 6 rings (SSSR count). The van der Waals surface area contributed by atoms with E-state index in [1.807, 2.05) is 30.3 Å². The van der Waals surface area contributed by atoms with E-state index in [9.17, 15) is 4.79 Å². The van der Waals surface area contributed by atoms with Crippen LogP contribution in [0.3, 0.4) is 0 Å². The van der Waals surface area contributed by atoms with E-state index >= 15 is 0 Å². The number of aromatic nitrogens is 3. The zero-order chi connectivity index (χ0) is 22.3. The number of rotatable bonds is 6. The summed E-state index contributed by atoms with van der Waals surface area (Å²) in [5, 5.41) is 6.28. The molecule has 2 aliphatic carbocycles. The number of hydrogen-bond donors (Lipinski definition) is 1. The topological polar surface area (TPSA) is 81.0 Å². The molecular formula is C27H25N3O3. The average molecular weight is 440 g/mol. The van der Waals surface area contributed by atoms with E-state index in [-0.39, 0.29) is 5.41 Å². The van der Waals surface area contributed by atoms with Gasteiger partial charge in [-0.3, -0.25) is 4.98 Å². The first kappa shape index (κ1) is 20.0. The van der Waals surface area contributed by atoms with Crippen LogP contribution in [-0.4, -0.2) is 15.2 Å². The van der Waals surface area contributed by atoms with Gasteiger partial charge in [0.15, 0.2) is 0 Å². The van der Waals surface area contributed by atoms with Crippen molar-refractivity contribution in [2.24, 2.45) is 11.8 Å². The van der Waals surface area contributed by atoms with Crippen molar-refractivity contribution >= 4 is 0 Å². The largest absolute Gasteiger partial charge is 0.487 e. The third-order valence-corrected chi connectivity index (χ3v) is 7.42. The highest BCUT2D eigenvalue weighted by atomic mass is 16.5. The minimum Gasteiger partial charge on any atom is -0.487 e. The highest BCUT2D eigenvalue weighted by molar-refractivity contribution is 5.55. The lowest BCUT2D eigenvalue weighted by atomic mass is 9.64. The molecule has 33 heavy (non-hydrogen) atoms. The molecule has 0 saturated heterocycles. The fourth-order valence-corrected chi connectivity index (χ4v) is 5.96. The van der Waals surface area contributed by atoms with Gasteiger partial charge in [0.1, 0.15) is 12.4 Å². The fourth-order valence-electron chi connectivity index (χ4n) is 5.96. The third-order valence-electron chi connectivity index (χ3n) is 7.42. The quantitative estimate of drug-likeness (QED) is 0.452. The monoisotopic (exact) mass is 439 g/mol. The Morgan fingerprint density at radius 1 is 1.00 bits per heavy atom. The molecule has 1 unspecified atom stereocenters. The first-order valence-electron chi connectivity index (χ1n) is 11.5. The molecule has 4 aromatic rings. The predicted octanol–water partition coefficient (Wildman–Crippen LogP) is 5.11. The van der Waals surface area contributed by atoms with Crippen LogP contribution in [0.4, 0.5) is 0 Å². The molecule has 2 fully saturated rings. The standard InChI is InChI=1S/C27H25N3O3/c31-26-30-29-25(33-26)19-5-8-20(9-6-19)27(16-18-4-7-22(27)15-18)21-10-12-24(13-11-21)32-17-23-3-1-2-14-28-23/h1-3,5-6,8-14,18,22H,4,7,15-17H2,(H,30,31)/t18?,22-,27+/m1/s1. The van der Waals surface area contributed by atoms with Crippen molar-refractivity contribution in [1.29, 1.82) is 0 Å². The van der Waals surface area contributed by atoms with Crippen molar-refractivity contribution < 1.29 is 9.15 Å². The molecule has 2 heterocycles. The molecular weight excluding hydrogens is 414 g/mol. The molecule has 2 aromatic heterocycles. The minimum absolute atomic E-state index is 0.00732. The second kappa shape index (κ2) is 8.03. The van der Waals surface area contributed by atoms with E-state index < -0.39 is 5.76 Å². The Morgan fingerprint density at radius 2 is 1.79 bits per heavy atom. The molecule has 0 radical (unpaired) electrons. The number of H-pyrrole nitrogens is 1. The van der Waals surface area contributed by atoms with Gasteiger partial charge in [-0.25, -0.2) is 9.89 Å². The lowest BCUT2D eigenvalue weighted by Gasteiger charge is -2.39. The zero-order valence-corrected chi connectivity index (χ0v) is 18.2. The summed E-state index contributed by atoms with van der Waals surface area (Å²) in [7, 11) is 0. The van der Waals surface area contributed by atoms with E-state index in [1.165, 1.54) is 36.8 Å². The third kappa shape index (κ3) is 3.55. The lowest BCUT2D eigenvalue weighted by molar-refractivity contribution is 0.299. The first-order chi connectivity index (χ1) is 16.2. The predicted molar refractivity (Wildman–Crippen MR) is 124 cm³/mol. The Kier molecular flexibility index (Phi) is 4.86. The molecule has 166 valence electrons. The zero-order valence-electron chi connectivity index (χ0n) is 18.2. The van der Waals surface area contributed by atoms with Crippen LogP contribution >= 0.6 is 0 Å². The number of pyridine rings is 1. The van der Waals surface area contributed by atoms with Gasteiger partial charge in [0, 0.05) is 17.2 Å². The number of fused-ring (bicyclic) bond motifs is 2. The summed E-state index contributed by atoms with van der Waals surface area (Å²) in [5.41, 5.74) is 4.39. The SMILES string of the molecule is O=c1[nH]nc(-c2ccc([C@]3(c4ccc(OCc5ccccn5)cc4)CC4CC[C@@H]3C4)cc2)o1. The van der Waals surface area contributed by atoms with Crippen LogP contribution in [0.2, 0.25) is 0 Å². The van der Waals surface area contributed by atoms with Crippen molar-refractivity contribution in [3.63, 3.8) is 0 Å². The number of nitrogens with one attached hydrogen (secondary N) is 1. The van der Waals surface area contributed by atoms with Gasteiger partial charge in [0.2, 0.25) is 5.89 Å². The molecule has 0 aliphatic heterocycles. The number of hydrogen-bond acceptors (Lipinski definition) is 5. The van der Waals surface area contributed by atoms with Crippen LogP contribution in [0.5, 0.6) is 5.75 Å². The summed E-state index contributed by atoms with van der Waals surface area (Å²) < 4.78 is 11.1. The second-order valence-electron chi connectivity index (χ2n) is 9.18. The summed E-state index contributed by atoms with van der Waals surface area (Å²) in [4.78, 5) is 15.6. The van der Waals surface area contributed by atoms with Gasteiger partial charge in [0.25, 0.3) is 0 Å². The maximum absolute atomic E-state index is 11.3. The molecule has 0 amide bonds. The Hall–Kier alpha value is -3.67. The van der Waals surface area contributed by atoms with Gasteiger partial charge < -0.3 is 9.15 Å². The van der Waals surface area contributed by atoms with Gasteiger partial charge in [0.05, 0.1) is 5.69 Å². The molecule has 6 nitrogen and oxygen atoms in total. The molecule has 2 bridgehead atoms. The lowest BCUT2D eigenvalue weighted by Crippen LogP contribution is -2.34.